The van der Waals surface area contributed by atoms with Crippen molar-refractivity contribution in [1.82, 2.24) is 5.32 Å². The van der Waals surface area contributed by atoms with Crippen molar-refractivity contribution in [1.29, 1.82) is 0 Å². The van der Waals surface area contributed by atoms with E-state index >= 15 is 0 Å². The molecule has 66 valence electrons. The monoisotopic (exact) mass is 165 g/mol. The van der Waals surface area contributed by atoms with Crippen LogP contribution in [0.2, 0.25) is 0 Å². The second-order valence-electron chi connectivity index (χ2n) is 3.08. The fraction of sp³-hybridized carbons (Fsp3) is 1.00. The summed E-state index contributed by atoms with van der Waals surface area (Å²) in [5.41, 5.74) is -0.612. The maximum atomic E-state index is 11.8. The lowest BCUT2D eigenvalue weighted by atomic mass is 9.95. The van der Waals surface area contributed by atoms with Crippen LogP contribution in [0.1, 0.15) is 19.8 Å². The van der Waals surface area contributed by atoms with Crippen molar-refractivity contribution in [3.05, 3.63) is 0 Å². The summed E-state index contributed by atoms with van der Waals surface area (Å²) >= 11 is 0. The topological polar surface area (TPSA) is 21.3 Å². The second kappa shape index (κ2) is 3.45. The first-order valence-corrected chi connectivity index (χ1v) is 3.79. The van der Waals surface area contributed by atoms with Gasteiger partial charge in [-0.05, 0) is 32.9 Å². The van der Waals surface area contributed by atoms with Crippen molar-refractivity contribution in [3.8, 4) is 0 Å². The van der Waals surface area contributed by atoms with Gasteiger partial charge < -0.3 is 10.1 Å². The van der Waals surface area contributed by atoms with Crippen LogP contribution in [0.25, 0.3) is 0 Å². The predicted octanol–water partition coefficient (Wildman–Crippen LogP) is 1.37. The van der Waals surface area contributed by atoms with Crippen LogP contribution in [0.4, 0.5) is 8.78 Å². The third kappa shape index (κ3) is 2.71. The molecule has 1 N–H and O–H groups in total. The van der Waals surface area contributed by atoms with Gasteiger partial charge in [-0.1, -0.05) is 0 Å². The molecule has 1 rings (SSSR count). The van der Waals surface area contributed by atoms with Gasteiger partial charge in [0.15, 0.2) is 0 Å². The number of alkyl halides is 2. The largest absolute Gasteiger partial charge is 0.345 e. The molecule has 11 heavy (non-hydrogen) atoms. The fourth-order valence-electron chi connectivity index (χ4n) is 1.29. The van der Waals surface area contributed by atoms with Crippen LogP contribution < -0.4 is 5.32 Å². The average molecular weight is 165 g/mol. The van der Waals surface area contributed by atoms with Gasteiger partial charge in [0.1, 0.15) is 0 Å². The highest BCUT2D eigenvalue weighted by Gasteiger charge is 2.30. The molecule has 0 aromatic heterocycles. The van der Waals surface area contributed by atoms with Crippen LogP contribution in [-0.2, 0) is 4.74 Å². The fourth-order valence-corrected chi connectivity index (χ4v) is 1.29. The van der Waals surface area contributed by atoms with Gasteiger partial charge in [-0.2, -0.15) is 8.78 Å². The van der Waals surface area contributed by atoms with Gasteiger partial charge in [0.2, 0.25) is 0 Å². The van der Waals surface area contributed by atoms with E-state index in [0.717, 1.165) is 13.1 Å². The maximum Gasteiger partial charge on any atom is 0.345 e. The average Bonchev–Trinajstić information content (AvgIpc) is 1.85. The molecule has 1 fully saturated rings. The molecule has 2 nitrogen and oxygen atoms in total. The van der Waals surface area contributed by atoms with E-state index in [0.29, 0.717) is 12.8 Å². The molecule has 0 saturated carbocycles. The molecule has 1 aliphatic rings. The molecule has 0 bridgehead atoms. The minimum absolute atomic E-state index is 0.612. The Bertz CT molecular complexity index is 124. The predicted molar refractivity (Wildman–Crippen MR) is 37.6 cm³/mol. The Morgan fingerprint density at radius 1 is 1.36 bits per heavy atom. The van der Waals surface area contributed by atoms with Gasteiger partial charge in [-0.25, -0.2) is 0 Å². The summed E-state index contributed by atoms with van der Waals surface area (Å²) in [7, 11) is 0. The van der Waals surface area contributed by atoms with E-state index in [1.54, 1.807) is 6.92 Å². The molecule has 0 aromatic rings. The molecule has 0 aliphatic carbocycles. The van der Waals surface area contributed by atoms with E-state index in [2.05, 4.69) is 10.1 Å². The number of halogens is 2. The first-order valence-electron chi connectivity index (χ1n) is 3.79. The van der Waals surface area contributed by atoms with Crippen molar-refractivity contribution in [2.45, 2.75) is 32.0 Å². The summed E-state index contributed by atoms with van der Waals surface area (Å²) in [6, 6.07) is 0. The SMILES string of the molecule is CC1(OC(F)F)CCNCC1. The molecule has 4 heteroatoms. The normalized spacial score (nSPS) is 24.0. The third-order valence-electron chi connectivity index (χ3n) is 2.03. The highest BCUT2D eigenvalue weighted by molar-refractivity contribution is 4.81. The van der Waals surface area contributed by atoms with Gasteiger partial charge >= 0.3 is 6.61 Å². The summed E-state index contributed by atoms with van der Waals surface area (Å²) < 4.78 is 28.1. The second-order valence-corrected chi connectivity index (χ2v) is 3.08. The zero-order chi connectivity index (χ0) is 8.32. The Balaban J connectivity index is 2.37. The zero-order valence-electron chi connectivity index (χ0n) is 6.57. The standard InChI is InChI=1S/C7H13F2NO/c1-7(11-6(8)9)2-4-10-5-3-7/h6,10H,2-5H2,1H3. The Kier molecular flexibility index (Phi) is 2.78. The van der Waals surface area contributed by atoms with Crippen molar-refractivity contribution in [2.75, 3.05) is 13.1 Å². The number of ether oxygens (including phenoxy) is 1. The molecule has 0 atom stereocenters. The highest BCUT2D eigenvalue weighted by Crippen LogP contribution is 2.24. The van der Waals surface area contributed by atoms with Crippen LogP contribution >= 0.6 is 0 Å². The molecular formula is C7H13F2NO. The van der Waals surface area contributed by atoms with E-state index in [1.807, 2.05) is 0 Å². The van der Waals surface area contributed by atoms with Gasteiger partial charge in [-0.15, -0.1) is 0 Å². The van der Waals surface area contributed by atoms with Crippen LogP contribution in [0.5, 0.6) is 0 Å². The summed E-state index contributed by atoms with van der Waals surface area (Å²) in [6.45, 7) is 0.630. The minimum atomic E-state index is -2.64. The van der Waals surface area contributed by atoms with Gasteiger partial charge in [0, 0.05) is 0 Å². The zero-order valence-corrected chi connectivity index (χ0v) is 6.57. The Hall–Kier alpha value is -0.220. The number of piperidine rings is 1. The van der Waals surface area contributed by atoms with Crippen molar-refractivity contribution in [3.63, 3.8) is 0 Å². The van der Waals surface area contributed by atoms with Crippen LogP contribution in [0.15, 0.2) is 0 Å². The molecular weight excluding hydrogens is 152 g/mol. The first-order chi connectivity index (χ1) is 5.12. The van der Waals surface area contributed by atoms with Gasteiger partial charge in [-0.3, -0.25) is 0 Å². The maximum absolute atomic E-state index is 11.8. The number of hydrogen-bond acceptors (Lipinski definition) is 2. The molecule has 0 unspecified atom stereocenters. The molecule has 0 spiro atoms. The first kappa shape index (κ1) is 8.87. The van der Waals surface area contributed by atoms with Crippen LogP contribution in [0.3, 0.4) is 0 Å². The van der Waals surface area contributed by atoms with E-state index in [4.69, 9.17) is 0 Å². The lowest BCUT2D eigenvalue weighted by Gasteiger charge is -2.33. The molecule has 1 heterocycles. The number of rotatable bonds is 2. The third-order valence-corrected chi connectivity index (χ3v) is 2.03. The Morgan fingerprint density at radius 2 is 1.91 bits per heavy atom. The van der Waals surface area contributed by atoms with Crippen molar-refractivity contribution >= 4 is 0 Å². The lowest BCUT2D eigenvalue weighted by molar-refractivity contribution is -0.209. The number of nitrogens with one attached hydrogen (secondary N) is 1. The molecule has 1 saturated heterocycles. The smallest absolute Gasteiger partial charge is 0.317 e. The van der Waals surface area contributed by atoms with Crippen molar-refractivity contribution < 1.29 is 13.5 Å². The van der Waals surface area contributed by atoms with E-state index in [9.17, 15) is 8.78 Å². The van der Waals surface area contributed by atoms with E-state index in [-0.39, 0.29) is 0 Å². The van der Waals surface area contributed by atoms with E-state index in [1.165, 1.54) is 0 Å². The van der Waals surface area contributed by atoms with Gasteiger partial charge in [0.05, 0.1) is 5.60 Å². The molecule has 0 radical (unpaired) electrons. The van der Waals surface area contributed by atoms with Crippen LogP contribution in [0, 0.1) is 0 Å². The van der Waals surface area contributed by atoms with E-state index < -0.39 is 12.2 Å². The number of hydrogen-bond donors (Lipinski definition) is 1. The van der Waals surface area contributed by atoms with Gasteiger partial charge in [0.25, 0.3) is 0 Å². The summed E-state index contributed by atoms with van der Waals surface area (Å²) in [4.78, 5) is 0. The Labute approximate surface area is 64.9 Å². The molecule has 0 aromatic carbocycles. The summed E-state index contributed by atoms with van der Waals surface area (Å²) in [5.74, 6) is 0. The highest BCUT2D eigenvalue weighted by atomic mass is 19.3. The summed E-state index contributed by atoms with van der Waals surface area (Å²) in [5, 5.41) is 3.09. The quantitative estimate of drug-likeness (QED) is 0.667. The molecule has 0 amide bonds. The van der Waals surface area contributed by atoms with Crippen LogP contribution in [-0.4, -0.2) is 25.3 Å². The minimum Gasteiger partial charge on any atom is -0.317 e. The van der Waals surface area contributed by atoms with Crippen molar-refractivity contribution in [2.24, 2.45) is 0 Å². The lowest BCUT2D eigenvalue weighted by Crippen LogP contribution is -2.42. The Morgan fingerprint density at radius 3 is 2.36 bits per heavy atom. The molecule has 1 aliphatic heterocycles. The summed E-state index contributed by atoms with van der Waals surface area (Å²) in [6.07, 6.45) is 1.33.